The van der Waals surface area contributed by atoms with E-state index in [1.165, 1.54) is 0 Å². The van der Waals surface area contributed by atoms with Crippen molar-refractivity contribution in [1.29, 1.82) is 0 Å². The van der Waals surface area contributed by atoms with Crippen LogP contribution < -0.4 is 0 Å². The number of hydrogen-bond donors (Lipinski definition) is 1. The van der Waals surface area contributed by atoms with E-state index in [0.717, 1.165) is 5.56 Å². The van der Waals surface area contributed by atoms with E-state index in [-0.39, 0.29) is 12.0 Å². The second-order valence-corrected chi connectivity index (χ2v) is 7.50. The van der Waals surface area contributed by atoms with Gasteiger partial charge in [-0.15, -0.1) is 0 Å². The van der Waals surface area contributed by atoms with Crippen LogP contribution in [0.15, 0.2) is 18.3 Å². The maximum Gasteiger partial charge on any atom is 0.410 e. The summed E-state index contributed by atoms with van der Waals surface area (Å²) in [4.78, 5) is 29.3. The molecule has 1 aliphatic heterocycles. The van der Waals surface area contributed by atoms with Crippen molar-refractivity contribution in [2.75, 3.05) is 13.1 Å². The monoisotopic (exact) mass is 354 g/mol. The van der Waals surface area contributed by atoms with Gasteiger partial charge in [0.2, 0.25) is 0 Å². The first-order valence-corrected chi connectivity index (χ1v) is 8.34. The number of amides is 1. The van der Waals surface area contributed by atoms with Crippen molar-refractivity contribution in [2.24, 2.45) is 11.8 Å². The van der Waals surface area contributed by atoms with Crippen LogP contribution in [-0.4, -0.2) is 45.7 Å². The molecule has 0 radical (unpaired) electrons. The molecule has 7 heteroatoms. The lowest BCUT2D eigenvalue weighted by Crippen LogP contribution is -2.36. The minimum atomic E-state index is -0.862. The first kappa shape index (κ1) is 18.5. The minimum Gasteiger partial charge on any atom is -0.481 e. The molecule has 1 saturated heterocycles. The lowest BCUT2D eigenvalue weighted by atomic mass is 9.86. The number of carboxylic acids is 1. The number of carbonyl (C=O) groups is 2. The zero-order valence-corrected chi connectivity index (χ0v) is 14.9. The first-order chi connectivity index (χ1) is 11.2. The number of pyridine rings is 1. The van der Waals surface area contributed by atoms with E-state index < -0.39 is 17.5 Å². The number of rotatable bonds is 4. The molecule has 2 atom stereocenters. The molecule has 1 N–H and O–H groups in total. The molecular weight excluding hydrogens is 332 g/mol. The average Bonchev–Trinajstić information content (AvgIpc) is 2.92. The van der Waals surface area contributed by atoms with Gasteiger partial charge < -0.3 is 14.7 Å². The topological polar surface area (TPSA) is 79.7 Å². The van der Waals surface area contributed by atoms with Gasteiger partial charge >= 0.3 is 12.1 Å². The summed E-state index contributed by atoms with van der Waals surface area (Å²) in [6.45, 7) is 6.34. The third-order valence-corrected chi connectivity index (χ3v) is 4.22. The highest BCUT2D eigenvalue weighted by molar-refractivity contribution is 6.29. The molecule has 0 unspecified atom stereocenters. The smallest absolute Gasteiger partial charge is 0.410 e. The molecule has 0 aromatic carbocycles. The van der Waals surface area contributed by atoms with E-state index in [2.05, 4.69) is 4.98 Å². The van der Waals surface area contributed by atoms with Gasteiger partial charge in [0, 0.05) is 19.3 Å². The maximum atomic E-state index is 12.1. The average molecular weight is 355 g/mol. The number of carbonyl (C=O) groups excluding carboxylic acids is 1. The summed E-state index contributed by atoms with van der Waals surface area (Å²) in [6.07, 6.45) is 2.19. The van der Waals surface area contributed by atoms with Crippen LogP contribution in [0, 0.1) is 11.8 Å². The lowest BCUT2D eigenvalue weighted by Gasteiger charge is -2.25. The lowest BCUT2D eigenvalue weighted by molar-refractivity contribution is -0.143. The number of aliphatic carboxylic acids is 1. The van der Waals surface area contributed by atoms with E-state index in [9.17, 15) is 14.7 Å². The standard InChI is InChI=1S/C17H23ClN2O4/c1-17(2,3)24-16(23)20-7-5-12(10-20)13(15(21)22)8-11-4-6-19-14(18)9-11/h4,6,9,12-13H,5,7-8,10H2,1-3H3,(H,21,22)/t12-,13-/m0/s1. The van der Waals surface area contributed by atoms with Crippen molar-refractivity contribution in [1.82, 2.24) is 9.88 Å². The summed E-state index contributed by atoms with van der Waals surface area (Å²) in [7, 11) is 0. The molecule has 0 saturated carbocycles. The molecule has 0 spiro atoms. The normalized spacial score (nSPS) is 19.2. The zero-order chi connectivity index (χ0) is 17.9. The van der Waals surface area contributed by atoms with Gasteiger partial charge in [0.1, 0.15) is 10.8 Å². The molecule has 6 nitrogen and oxygen atoms in total. The van der Waals surface area contributed by atoms with Gasteiger partial charge in [-0.2, -0.15) is 0 Å². The van der Waals surface area contributed by atoms with Gasteiger partial charge in [0.05, 0.1) is 5.92 Å². The second kappa shape index (κ2) is 7.38. The fourth-order valence-corrected chi connectivity index (χ4v) is 3.08. The molecule has 2 heterocycles. The Hall–Kier alpha value is -1.82. The summed E-state index contributed by atoms with van der Waals surface area (Å²) < 4.78 is 5.36. The van der Waals surface area contributed by atoms with Crippen molar-refractivity contribution in [2.45, 2.75) is 39.2 Å². The molecule has 1 amide bonds. The van der Waals surface area contributed by atoms with E-state index in [1.807, 2.05) is 20.8 Å². The fraction of sp³-hybridized carbons (Fsp3) is 0.588. The van der Waals surface area contributed by atoms with Crippen LogP contribution in [0.3, 0.4) is 0 Å². The van der Waals surface area contributed by atoms with Crippen molar-refractivity contribution in [3.05, 3.63) is 29.0 Å². The number of hydrogen-bond acceptors (Lipinski definition) is 4. The Bertz CT molecular complexity index is 615. The van der Waals surface area contributed by atoms with E-state index >= 15 is 0 Å². The highest BCUT2D eigenvalue weighted by Crippen LogP contribution is 2.29. The van der Waals surface area contributed by atoms with Gasteiger partial charge in [-0.25, -0.2) is 9.78 Å². The van der Waals surface area contributed by atoms with Crippen LogP contribution in [-0.2, 0) is 16.0 Å². The molecule has 0 bridgehead atoms. The van der Waals surface area contributed by atoms with Crippen molar-refractivity contribution < 1.29 is 19.4 Å². The van der Waals surface area contributed by atoms with Crippen LogP contribution >= 0.6 is 11.6 Å². The van der Waals surface area contributed by atoms with Gasteiger partial charge in [0.25, 0.3) is 0 Å². The Labute approximate surface area is 146 Å². The molecule has 0 aliphatic carbocycles. The van der Waals surface area contributed by atoms with Crippen molar-refractivity contribution in [3.63, 3.8) is 0 Å². The highest BCUT2D eigenvalue weighted by atomic mass is 35.5. The summed E-state index contributed by atoms with van der Waals surface area (Å²) in [5, 5.41) is 9.94. The first-order valence-electron chi connectivity index (χ1n) is 7.97. The van der Waals surface area contributed by atoms with Gasteiger partial charge in [-0.05, 0) is 57.2 Å². The molecule has 1 aromatic rings. The third kappa shape index (κ3) is 5.09. The number of halogens is 1. The Morgan fingerprint density at radius 2 is 2.21 bits per heavy atom. The Morgan fingerprint density at radius 3 is 2.79 bits per heavy atom. The largest absolute Gasteiger partial charge is 0.481 e. The predicted octanol–water partition coefficient (Wildman–Crippen LogP) is 3.24. The Kier molecular flexibility index (Phi) is 5.70. The molecule has 1 aliphatic rings. The summed E-state index contributed by atoms with van der Waals surface area (Å²) >= 11 is 5.87. The number of carboxylic acid groups (broad SMARTS) is 1. The maximum absolute atomic E-state index is 12.1. The molecule has 1 fully saturated rings. The van der Waals surface area contributed by atoms with Gasteiger partial charge in [-0.3, -0.25) is 4.79 Å². The fourth-order valence-electron chi connectivity index (χ4n) is 2.89. The summed E-state index contributed by atoms with van der Waals surface area (Å²) in [5.41, 5.74) is 0.271. The third-order valence-electron chi connectivity index (χ3n) is 4.01. The van der Waals surface area contributed by atoms with Crippen LogP contribution in [0.1, 0.15) is 32.8 Å². The molecule has 132 valence electrons. The minimum absolute atomic E-state index is 0.109. The number of likely N-dealkylation sites (tertiary alicyclic amines) is 1. The molecular formula is C17H23ClN2O4. The van der Waals surface area contributed by atoms with Crippen LogP contribution in [0.25, 0.3) is 0 Å². The van der Waals surface area contributed by atoms with E-state index in [0.29, 0.717) is 31.1 Å². The van der Waals surface area contributed by atoms with E-state index in [1.54, 1.807) is 23.2 Å². The second-order valence-electron chi connectivity index (χ2n) is 7.11. The van der Waals surface area contributed by atoms with Crippen molar-refractivity contribution in [3.8, 4) is 0 Å². The van der Waals surface area contributed by atoms with Crippen LogP contribution in [0.5, 0.6) is 0 Å². The highest BCUT2D eigenvalue weighted by Gasteiger charge is 2.37. The van der Waals surface area contributed by atoms with Crippen molar-refractivity contribution >= 4 is 23.7 Å². The van der Waals surface area contributed by atoms with E-state index in [4.69, 9.17) is 16.3 Å². The van der Waals surface area contributed by atoms with Crippen LogP contribution in [0.4, 0.5) is 4.79 Å². The van der Waals surface area contributed by atoms with Gasteiger partial charge in [0.15, 0.2) is 0 Å². The number of nitrogens with zero attached hydrogens (tertiary/aromatic N) is 2. The summed E-state index contributed by atoms with van der Waals surface area (Å²) in [5.74, 6) is -1.54. The molecule has 1 aromatic heterocycles. The Balaban J connectivity index is 2.02. The van der Waals surface area contributed by atoms with Gasteiger partial charge in [-0.1, -0.05) is 11.6 Å². The SMILES string of the molecule is CC(C)(C)OC(=O)N1CC[C@H]([C@H](Cc2ccnc(Cl)c2)C(=O)O)C1. The summed E-state index contributed by atoms with van der Waals surface area (Å²) in [6, 6.07) is 3.44. The molecule has 24 heavy (non-hydrogen) atoms. The zero-order valence-electron chi connectivity index (χ0n) is 14.2. The molecule has 2 rings (SSSR count). The quantitative estimate of drug-likeness (QED) is 0.839. The number of ether oxygens (including phenoxy) is 1. The van der Waals surface area contributed by atoms with Crippen LogP contribution in [0.2, 0.25) is 5.15 Å². The Morgan fingerprint density at radius 1 is 1.50 bits per heavy atom. The predicted molar refractivity (Wildman–Crippen MR) is 90.0 cm³/mol. The number of aromatic nitrogens is 1.